The average molecular weight is 248 g/mol. The molecule has 0 unspecified atom stereocenters. The summed E-state index contributed by atoms with van der Waals surface area (Å²) >= 11 is 0. The molecule has 3 heteroatoms. The fourth-order valence-electron chi connectivity index (χ4n) is 2.64. The van der Waals surface area contributed by atoms with Gasteiger partial charge in [0.25, 0.3) is 0 Å². The molecular weight excluding hydrogens is 228 g/mol. The minimum atomic E-state index is -0.874. The van der Waals surface area contributed by atoms with E-state index in [1.54, 1.807) is 0 Å². The van der Waals surface area contributed by atoms with Crippen LogP contribution in [0.3, 0.4) is 0 Å². The summed E-state index contributed by atoms with van der Waals surface area (Å²) in [6, 6.07) is 10.5. The van der Waals surface area contributed by atoms with E-state index >= 15 is 0 Å². The van der Waals surface area contributed by atoms with Crippen molar-refractivity contribution in [2.75, 3.05) is 6.61 Å². The Labute approximate surface area is 108 Å². The van der Waals surface area contributed by atoms with E-state index < -0.39 is 5.97 Å². The number of carboxylic acids is 1. The first-order valence-corrected chi connectivity index (χ1v) is 6.61. The fraction of sp³-hybridized carbons (Fsp3) is 0.533. The van der Waals surface area contributed by atoms with Crippen molar-refractivity contribution in [3.63, 3.8) is 0 Å². The van der Waals surface area contributed by atoms with Crippen LogP contribution in [-0.4, -0.2) is 23.8 Å². The Bertz CT molecular complexity index is 367. The minimum absolute atomic E-state index is 0.146. The van der Waals surface area contributed by atoms with E-state index in [2.05, 4.69) is 24.3 Å². The first-order chi connectivity index (χ1) is 8.74. The first kappa shape index (κ1) is 13.1. The van der Waals surface area contributed by atoms with Crippen LogP contribution in [0.2, 0.25) is 0 Å². The predicted molar refractivity (Wildman–Crippen MR) is 69.5 cm³/mol. The largest absolute Gasteiger partial charge is 0.480 e. The van der Waals surface area contributed by atoms with E-state index in [1.165, 1.54) is 5.56 Å². The van der Waals surface area contributed by atoms with Gasteiger partial charge in [-0.1, -0.05) is 30.3 Å². The van der Waals surface area contributed by atoms with Crippen molar-refractivity contribution in [3.05, 3.63) is 35.9 Å². The Morgan fingerprint density at radius 3 is 2.44 bits per heavy atom. The third-order valence-electron chi connectivity index (χ3n) is 3.60. The van der Waals surface area contributed by atoms with Crippen molar-refractivity contribution in [3.8, 4) is 0 Å². The van der Waals surface area contributed by atoms with Crippen LogP contribution in [-0.2, 0) is 16.0 Å². The molecule has 1 aliphatic carbocycles. The van der Waals surface area contributed by atoms with Gasteiger partial charge in [0.05, 0.1) is 6.10 Å². The molecule has 0 aliphatic heterocycles. The highest BCUT2D eigenvalue weighted by molar-refractivity contribution is 5.68. The smallest absolute Gasteiger partial charge is 0.329 e. The lowest BCUT2D eigenvalue weighted by Crippen LogP contribution is -2.25. The number of carboxylic acid groups (broad SMARTS) is 1. The molecule has 98 valence electrons. The van der Waals surface area contributed by atoms with Crippen LogP contribution < -0.4 is 0 Å². The number of aliphatic carboxylic acids is 1. The highest BCUT2D eigenvalue weighted by Crippen LogP contribution is 2.28. The van der Waals surface area contributed by atoms with Gasteiger partial charge >= 0.3 is 5.97 Å². The van der Waals surface area contributed by atoms with Gasteiger partial charge in [-0.2, -0.15) is 0 Å². The van der Waals surface area contributed by atoms with Gasteiger partial charge in [-0.3, -0.25) is 0 Å². The second-order valence-electron chi connectivity index (χ2n) is 5.04. The summed E-state index contributed by atoms with van der Waals surface area (Å²) in [5, 5.41) is 8.57. The summed E-state index contributed by atoms with van der Waals surface area (Å²) in [6.45, 7) is -0.159. The molecule has 1 N–H and O–H groups in total. The van der Waals surface area contributed by atoms with Gasteiger partial charge in [0.1, 0.15) is 6.61 Å². The van der Waals surface area contributed by atoms with E-state index in [0.29, 0.717) is 0 Å². The normalized spacial score (nSPS) is 23.8. The molecule has 1 aliphatic rings. The monoisotopic (exact) mass is 248 g/mol. The number of hydrogen-bond donors (Lipinski definition) is 1. The molecule has 1 fully saturated rings. The number of benzene rings is 1. The Balaban J connectivity index is 1.72. The van der Waals surface area contributed by atoms with Crippen molar-refractivity contribution >= 4 is 5.97 Å². The minimum Gasteiger partial charge on any atom is -0.480 e. The van der Waals surface area contributed by atoms with Gasteiger partial charge in [-0.05, 0) is 43.6 Å². The molecule has 0 saturated heterocycles. The summed E-state index contributed by atoms with van der Waals surface area (Å²) in [5.41, 5.74) is 1.40. The second-order valence-corrected chi connectivity index (χ2v) is 5.04. The Hall–Kier alpha value is -1.35. The van der Waals surface area contributed by atoms with Crippen LogP contribution in [0.4, 0.5) is 0 Å². The van der Waals surface area contributed by atoms with Crippen LogP contribution in [0, 0.1) is 5.92 Å². The zero-order chi connectivity index (χ0) is 12.8. The maximum absolute atomic E-state index is 10.4. The summed E-state index contributed by atoms with van der Waals surface area (Å²) in [7, 11) is 0. The van der Waals surface area contributed by atoms with E-state index in [-0.39, 0.29) is 12.7 Å². The van der Waals surface area contributed by atoms with Crippen molar-refractivity contribution in [1.29, 1.82) is 0 Å². The standard InChI is InChI=1S/C15H20O3/c16-15(17)11-18-14-8-6-13(7-9-14)10-12-4-2-1-3-5-12/h1-5,13-14H,6-11H2,(H,16,17). The van der Waals surface area contributed by atoms with Crippen molar-refractivity contribution in [1.82, 2.24) is 0 Å². The molecule has 2 rings (SSSR count). The summed E-state index contributed by atoms with van der Waals surface area (Å²) < 4.78 is 5.34. The van der Waals surface area contributed by atoms with Crippen molar-refractivity contribution in [2.45, 2.75) is 38.2 Å². The maximum atomic E-state index is 10.4. The Morgan fingerprint density at radius 2 is 1.83 bits per heavy atom. The molecule has 0 heterocycles. The summed E-state index contributed by atoms with van der Waals surface area (Å²) in [4.78, 5) is 10.4. The molecule has 18 heavy (non-hydrogen) atoms. The highest BCUT2D eigenvalue weighted by Gasteiger charge is 2.22. The lowest BCUT2D eigenvalue weighted by Gasteiger charge is -2.28. The summed E-state index contributed by atoms with van der Waals surface area (Å²) in [6.07, 6.45) is 5.54. The van der Waals surface area contributed by atoms with Crippen LogP contribution in [0.1, 0.15) is 31.2 Å². The molecule has 0 radical (unpaired) electrons. The number of hydrogen-bond acceptors (Lipinski definition) is 2. The zero-order valence-corrected chi connectivity index (χ0v) is 10.5. The average Bonchev–Trinajstić information content (AvgIpc) is 2.39. The lowest BCUT2D eigenvalue weighted by atomic mass is 9.83. The van der Waals surface area contributed by atoms with Crippen LogP contribution in [0.5, 0.6) is 0 Å². The SMILES string of the molecule is O=C(O)COC1CCC(Cc2ccccc2)CC1. The van der Waals surface area contributed by atoms with E-state index in [9.17, 15) is 4.79 Å². The van der Waals surface area contributed by atoms with Gasteiger partial charge in [-0.25, -0.2) is 4.79 Å². The van der Waals surface area contributed by atoms with E-state index in [0.717, 1.165) is 38.0 Å². The molecule has 1 saturated carbocycles. The molecule has 0 amide bonds. The molecule has 0 spiro atoms. The van der Waals surface area contributed by atoms with Gasteiger partial charge in [0, 0.05) is 0 Å². The van der Waals surface area contributed by atoms with Crippen LogP contribution >= 0.6 is 0 Å². The fourth-order valence-corrected chi connectivity index (χ4v) is 2.64. The van der Waals surface area contributed by atoms with E-state index in [4.69, 9.17) is 9.84 Å². The third-order valence-corrected chi connectivity index (χ3v) is 3.60. The molecule has 0 bridgehead atoms. The third kappa shape index (κ3) is 4.15. The number of carbonyl (C=O) groups is 1. The zero-order valence-electron chi connectivity index (χ0n) is 10.5. The van der Waals surface area contributed by atoms with Gasteiger partial charge < -0.3 is 9.84 Å². The van der Waals surface area contributed by atoms with Crippen molar-refractivity contribution < 1.29 is 14.6 Å². The summed E-state index contributed by atoms with van der Waals surface area (Å²) in [5.74, 6) is -0.154. The van der Waals surface area contributed by atoms with Gasteiger partial charge in [0.2, 0.25) is 0 Å². The molecular formula is C15H20O3. The number of rotatable bonds is 5. The first-order valence-electron chi connectivity index (χ1n) is 6.61. The number of ether oxygens (including phenoxy) is 1. The molecule has 3 nitrogen and oxygen atoms in total. The molecule has 0 atom stereocenters. The van der Waals surface area contributed by atoms with E-state index in [1.807, 2.05) is 6.07 Å². The highest BCUT2D eigenvalue weighted by atomic mass is 16.5. The Morgan fingerprint density at radius 1 is 1.17 bits per heavy atom. The molecule has 1 aromatic rings. The van der Waals surface area contributed by atoms with Crippen LogP contribution in [0.15, 0.2) is 30.3 Å². The lowest BCUT2D eigenvalue weighted by molar-refractivity contribution is -0.145. The van der Waals surface area contributed by atoms with Gasteiger partial charge in [0.15, 0.2) is 0 Å². The second kappa shape index (κ2) is 6.55. The van der Waals surface area contributed by atoms with Gasteiger partial charge in [-0.15, -0.1) is 0 Å². The maximum Gasteiger partial charge on any atom is 0.329 e. The topological polar surface area (TPSA) is 46.5 Å². The van der Waals surface area contributed by atoms with Crippen LogP contribution in [0.25, 0.3) is 0 Å². The Kier molecular flexibility index (Phi) is 4.76. The van der Waals surface area contributed by atoms with Crippen molar-refractivity contribution in [2.24, 2.45) is 5.92 Å². The predicted octanol–water partition coefficient (Wildman–Crippen LogP) is 2.89. The molecule has 0 aromatic heterocycles. The quantitative estimate of drug-likeness (QED) is 0.871. The molecule has 1 aromatic carbocycles.